The van der Waals surface area contributed by atoms with Crippen LogP contribution in [0.2, 0.25) is 5.02 Å². The maximum Gasteiger partial charge on any atom is 0.287 e. The molecular formula is C15H18ClN3O. The van der Waals surface area contributed by atoms with Crippen molar-refractivity contribution < 1.29 is 0 Å². The van der Waals surface area contributed by atoms with Crippen molar-refractivity contribution in [1.82, 2.24) is 9.78 Å². The van der Waals surface area contributed by atoms with Gasteiger partial charge in [-0.3, -0.25) is 4.79 Å². The molecule has 1 aromatic heterocycles. The second kappa shape index (κ2) is 6.57. The zero-order valence-electron chi connectivity index (χ0n) is 11.6. The molecule has 0 aliphatic carbocycles. The van der Waals surface area contributed by atoms with E-state index in [9.17, 15) is 4.79 Å². The van der Waals surface area contributed by atoms with Crippen LogP contribution in [0, 0.1) is 5.92 Å². The molecule has 0 aliphatic heterocycles. The first-order chi connectivity index (χ1) is 9.58. The standard InChI is InChI=1S/C15H18ClN3O/c1-11(2)10-19-15(20)14(16)13(9-18-19)17-8-12-6-4-3-5-7-12/h3-7,9,11,17H,8,10H2,1-2H3. The first-order valence-electron chi connectivity index (χ1n) is 6.61. The molecule has 4 nitrogen and oxygen atoms in total. The largest absolute Gasteiger partial charge is 0.378 e. The summed E-state index contributed by atoms with van der Waals surface area (Å²) in [5, 5.41) is 7.48. The third-order valence-electron chi connectivity index (χ3n) is 2.85. The third-order valence-corrected chi connectivity index (χ3v) is 3.21. The lowest BCUT2D eigenvalue weighted by molar-refractivity contribution is 0.464. The smallest absolute Gasteiger partial charge is 0.287 e. The van der Waals surface area contributed by atoms with Crippen LogP contribution in [0.15, 0.2) is 41.3 Å². The normalized spacial score (nSPS) is 10.8. The van der Waals surface area contributed by atoms with E-state index in [1.165, 1.54) is 4.68 Å². The molecule has 0 aliphatic rings. The fraction of sp³-hybridized carbons (Fsp3) is 0.333. The Morgan fingerprint density at radius 2 is 2.00 bits per heavy atom. The van der Waals surface area contributed by atoms with E-state index in [0.29, 0.717) is 24.7 Å². The SMILES string of the molecule is CC(C)Cn1ncc(NCc2ccccc2)c(Cl)c1=O. The van der Waals surface area contributed by atoms with Crippen molar-refractivity contribution in [3.8, 4) is 0 Å². The summed E-state index contributed by atoms with van der Waals surface area (Å²) < 4.78 is 1.40. The van der Waals surface area contributed by atoms with Crippen LogP contribution in [-0.4, -0.2) is 9.78 Å². The molecule has 1 aromatic carbocycles. The fourth-order valence-corrected chi connectivity index (χ4v) is 2.07. The molecule has 0 amide bonds. The van der Waals surface area contributed by atoms with Gasteiger partial charge in [0.05, 0.1) is 11.9 Å². The van der Waals surface area contributed by atoms with E-state index in [4.69, 9.17) is 11.6 Å². The number of hydrogen-bond acceptors (Lipinski definition) is 3. The summed E-state index contributed by atoms with van der Waals surface area (Å²) in [6.07, 6.45) is 1.61. The zero-order valence-corrected chi connectivity index (χ0v) is 12.4. The summed E-state index contributed by atoms with van der Waals surface area (Å²) >= 11 is 6.11. The third kappa shape index (κ3) is 3.61. The number of aromatic nitrogens is 2. The molecule has 0 radical (unpaired) electrons. The first-order valence-corrected chi connectivity index (χ1v) is 6.99. The molecule has 0 atom stereocenters. The Balaban J connectivity index is 2.13. The van der Waals surface area contributed by atoms with E-state index in [1.54, 1.807) is 6.20 Å². The van der Waals surface area contributed by atoms with Crippen LogP contribution < -0.4 is 10.9 Å². The minimum atomic E-state index is -0.251. The van der Waals surface area contributed by atoms with Gasteiger partial charge in [-0.25, -0.2) is 4.68 Å². The van der Waals surface area contributed by atoms with Crippen molar-refractivity contribution in [2.24, 2.45) is 5.92 Å². The number of nitrogens with one attached hydrogen (secondary N) is 1. The average molecular weight is 292 g/mol. The lowest BCUT2D eigenvalue weighted by Crippen LogP contribution is -2.26. The summed E-state index contributed by atoms with van der Waals surface area (Å²) in [4.78, 5) is 12.1. The highest BCUT2D eigenvalue weighted by Crippen LogP contribution is 2.16. The summed E-state index contributed by atoms with van der Waals surface area (Å²) in [6.45, 7) is 5.24. The fourth-order valence-electron chi connectivity index (χ4n) is 1.86. The highest BCUT2D eigenvalue weighted by Gasteiger charge is 2.09. The Kier molecular flexibility index (Phi) is 4.79. The lowest BCUT2D eigenvalue weighted by atomic mass is 10.2. The van der Waals surface area contributed by atoms with Gasteiger partial charge in [0.1, 0.15) is 5.02 Å². The van der Waals surface area contributed by atoms with E-state index >= 15 is 0 Å². The summed E-state index contributed by atoms with van der Waals surface area (Å²) in [6, 6.07) is 9.92. The van der Waals surface area contributed by atoms with Crippen molar-refractivity contribution in [1.29, 1.82) is 0 Å². The van der Waals surface area contributed by atoms with Gasteiger partial charge >= 0.3 is 0 Å². The highest BCUT2D eigenvalue weighted by molar-refractivity contribution is 6.32. The molecule has 0 saturated carbocycles. The van der Waals surface area contributed by atoms with Gasteiger partial charge in [-0.1, -0.05) is 55.8 Å². The number of nitrogens with zero attached hydrogens (tertiary/aromatic N) is 2. The van der Waals surface area contributed by atoms with Crippen LogP contribution in [0.4, 0.5) is 5.69 Å². The Labute approximate surface area is 123 Å². The quantitative estimate of drug-likeness (QED) is 0.920. The molecule has 5 heteroatoms. The van der Waals surface area contributed by atoms with E-state index < -0.39 is 0 Å². The monoisotopic (exact) mass is 291 g/mol. The van der Waals surface area contributed by atoms with Gasteiger partial charge in [-0.2, -0.15) is 5.10 Å². The van der Waals surface area contributed by atoms with Gasteiger partial charge in [-0.05, 0) is 11.5 Å². The molecule has 106 valence electrons. The molecule has 0 unspecified atom stereocenters. The van der Waals surface area contributed by atoms with Crippen molar-refractivity contribution in [3.63, 3.8) is 0 Å². The predicted octanol–water partition coefficient (Wildman–Crippen LogP) is 3.16. The summed E-state index contributed by atoms with van der Waals surface area (Å²) in [5.41, 5.74) is 1.44. The van der Waals surface area contributed by atoms with Gasteiger partial charge in [0.25, 0.3) is 5.56 Å². The Hall–Kier alpha value is -1.81. The van der Waals surface area contributed by atoms with Crippen molar-refractivity contribution in [3.05, 3.63) is 57.5 Å². The van der Waals surface area contributed by atoms with E-state index in [1.807, 2.05) is 44.2 Å². The number of halogens is 1. The van der Waals surface area contributed by atoms with Gasteiger partial charge in [0.2, 0.25) is 0 Å². The first kappa shape index (κ1) is 14.6. The van der Waals surface area contributed by atoms with Crippen LogP contribution in [0.3, 0.4) is 0 Å². The molecule has 0 bridgehead atoms. The van der Waals surface area contributed by atoms with E-state index in [2.05, 4.69) is 10.4 Å². The number of hydrogen-bond donors (Lipinski definition) is 1. The number of benzene rings is 1. The molecule has 1 heterocycles. The maximum absolute atomic E-state index is 12.1. The number of rotatable bonds is 5. The van der Waals surface area contributed by atoms with E-state index in [0.717, 1.165) is 5.56 Å². The maximum atomic E-state index is 12.1. The van der Waals surface area contributed by atoms with E-state index in [-0.39, 0.29) is 10.6 Å². The van der Waals surface area contributed by atoms with Crippen molar-refractivity contribution in [2.45, 2.75) is 26.9 Å². The topological polar surface area (TPSA) is 46.9 Å². The lowest BCUT2D eigenvalue weighted by Gasteiger charge is -2.11. The number of anilines is 1. The van der Waals surface area contributed by atoms with Gasteiger partial charge in [0, 0.05) is 13.1 Å². The molecule has 0 saturated heterocycles. The van der Waals surface area contributed by atoms with Gasteiger partial charge in [-0.15, -0.1) is 0 Å². The zero-order chi connectivity index (χ0) is 14.5. The highest BCUT2D eigenvalue weighted by atomic mass is 35.5. The predicted molar refractivity (Wildman–Crippen MR) is 82.1 cm³/mol. The Bertz CT molecular complexity index is 623. The second-order valence-electron chi connectivity index (χ2n) is 5.09. The minimum absolute atomic E-state index is 0.191. The van der Waals surface area contributed by atoms with Crippen molar-refractivity contribution >= 4 is 17.3 Å². The van der Waals surface area contributed by atoms with Crippen LogP contribution in [0.5, 0.6) is 0 Å². The van der Waals surface area contributed by atoms with Crippen molar-refractivity contribution in [2.75, 3.05) is 5.32 Å². The van der Waals surface area contributed by atoms with Crippen LogP contribution in [0.25, 0.3) is 0 Å². The minimum Gasteiger partial charge on any atom is -0.378 e. The van der Waals surface area contributed by atoms with Crippen LogP contribution >= 0.6 is 11.6 Å². The summed E-state index contributed by atoms with van der Waals surface area (Å²) in [5.74, 6) is 0.347. The molecule has 0 spiro atoms. The molecule has 2 aromatic rings. The average Bonchev–Trinajstić information content (AvgIpc) is 2.44. The molecule has 0 fully saturated rings. The molecule has 2 rings (SSSR count). The van der Waals surface area contributed by atoms with Crippen LogP contribution in [0.1, 0.15) is 19.4 Å². The Morgan fingerprint density at radius 1 is 1.30 bits per heavy atom. The molecule has 20 heavy (non-hydrogen) atoms. The molecular weight excluding hydrogens is 274 g/mol. The summed E-state index contributed by atoms with van der Waals surface area (Å²) in [7, 11) is 0. The Morgan fingerprint density at radius 3 is 2.65 bits per heavy atom. The molecule has 1 N–H and O–H groups in total. The van der Waals surface area contributed by atoms with Crippen LogP contribution in [-0.2, 0) is 13.1 Å². The second-order valence-corrected chi connectivity index (χ2v) is 5.47. The van der Waals surface area contributed by atoms with Gasteiger partial charge < -0.3 is 5.32 Å². The van der Waals surface area contributed by atoms with Gasteiger partial charge in [0.15, 0.2) is 0 Å².